The van der Waals surface area contributed by atoms with E-state index in [0.29, 0.717) is 43.9 Å². The highest BCUT2D eigenvalue weighted by Gasteiger charge is 2.36. The average Bonchev–Trinajstić information content (AvgIpc) is 2.82. The maximum Gasteiger partial charge on any atom is 0.331 e. The van der Waals surface area contributed by atoms with Crippen molar-refractivity contribution in [2.24, 2.45) is 7.05 Å². The van der Waals surface area contributed by atoms with Gasteiger partial charge in [-0.25, -0.2) is 4.68 Å². The van der Waals surface area contributed by atoms with Crippen LogP contribution in [0.4, 0.5) is 11.5 Å². The second kappa shape index (κ2) is 5.88. The van der Waals surface area contributed by atoms with Crippen LogP contribution in [0.3, 0.4) is 0 Å². The Morgan fingerprint density at radius 3 is 2.91 bits per heavy atom. The van der Waals surface area contributed by atoms with Crippen molar-refractivity contribution in [3.63, 3.8) is 0 Å². The predicted octanol–water partition coefficient (Wildman–Crippen LogP) is 0.391. The van der Waals surface area contributed by atoms with Crippen LogP contribution in [0.15, 0.2) is 18.5 Å². The van der Waals surface area contributed by atoms with Gasteiger partial charge in [-0.1, -0.05) is 0 Å². The summed E-state index contributed by atoms with van der Waals surface area (Å²) in [5.41, 5.74) is -0.645. The van der Waals surface area contributed by atoms with Crippen molar-refractivity contribution < 1.29 is 10.0 Å². The van der Waals surface area contributed by atoms with Gasteiger partial charge in [0.05, 0.1) is 16.8 Å². The maximum absolute atomic E-state index is 11.2. The predicted molar refractivity (Wildman–Crippen MR) is 79.7 cm³/mol. The first kappa shape index (κ1) is 15.3. The fraction of sp³-hybridized carbons (Fsp3) is 0.538. The Bertz CT molecular complexity index is 705. The van der Waals surface area contributed by atoms with Gasteiger partial charge in [-0.05, 0) is 30.5 Å². The van der Waals surface area contributed by atoms with Crippen molar-refractivity contribution in [3.8, 4) is 0 Å². The molecule has 0 saturated carbocycles. The Labute approximate surface area is 131 Å². The summed E-state index contributed by atoms with van der Waals surface area (Å²) in [4.78, 5) is 12.6. The van der Waals surface area contributed by atoms with Crippen molar-refractivity contribution >= 4 is 11.5 Å². The lowest BCUT2D eigenvalue weighted by molar-refractivity contribution is -0.384. The highest BCUT2D eigenvalue weighted by molar-refractivity contribution is 5.57. The molecule has 2 aromatic rings. The van der Waals surface area contributed by atoms with Gasteiger partial charge < -0.3 is 10.0 Å². The Morgan fingerprint density at radius 2 is 2.22 bits per heavy atom. The Kier molecular flexibility index (Phi) is 3.90. The molecule has 1 atom stereocenters. The van der Waals surface area contributed by atoms with Crippen molar-refractivity contribution in [2.45, 2.75) is 24.9 Å². The number of hydrogen-bond donors (Lipinski definition) is 1. The number of aryl methyl sites for hydroxylation is 1. The van der Waals surface area contributed by atoms with Gasteiger partial charge in [0.15, 0.2) is 0 Å². The first-order valence-corrected chi connectivity index (χ1v) is 7.30. The Balaban J connectivity index is 1.85. The molecule has 0 amide bonds. The van der Waals surface area contributed by atoms with Gasteiger partial charge in [0.1, 0.15) is 11.8 Å². The van der Waals surface area contributed by atoms with E-state index < -0.39 is 10.5 Å². The van der Waals surface area contributed by atoms with Crippen LogP contribution in [-0.2, 0) is 12.6 Å². The molecule has 10 heteroatoms. The molecule has 1 N–H and O–H groups in total. The fourth-order valence-electron chi connectivity index (χ4n) is 2.99. The molecule has 1 saturated heterocycles. The summed E-state index contributed by atoms with van der Waals surface area (Å²) >= 11 is 0. The molecule has 1 unspecified atom stereocenters. The van der Waals surface area contributed by atoms with E-state index in [4.69, 9.17) is 0 Å². The molecule has 0 radical (unpaired) electrons. The zero-order chi connectivity index (χ0) is 16.4. The summed E-state index contributed by atoms with van der Waals surface area (Å²) in [5.74, 6) is 0.458. The quantitative estimate of drug-likeness (QED) is 0.636. The molecule has 1 aliphatic rings. The van der Waals surface area contributed by atoms with E-state index in [1.807, 2.05) is 4.90 Å². The number of aliphatic hydroxyl groups is 1. The molecular weight excluding hydrogens is 302 g/mol. The minimum absolute atomic E-state index is 0.0263. The molecule has 1 aliphatic heterocycles. The monoisotopic (exact) mass is 319 g/mol. The van der Waals surface area contributed by atoms with Crippen LogP contribution in [0.2, 0.25) is 0 Å². The van der Waals surface area contributed by atoms with Gasteiger partial charge in [-0.2, -0.15) is 5.10 Å². The number of nitrogens with zero attached hydrogens (tertiary/aromatic N) is 7. The molecule has 0 spiro atoms. The zero-order valence-corrected chi connectivity index (χ0v) is 12.7. The highest BCUT2D eigenvalue weighted by atomic mass is 16.6. The lowest BCUT2D eigenvalue weighted by Gasteiger charge is -2.26. The molecule has 0 bridgehead atoms. The molecule has 122 valence electrons. The van der Waals surface area contributed by atoms with Gasteiger partial charge in [-0.15, -0.1) is 10.2 Å². The SMILES string of the molecule is Cn1ncc([N+](=O)[O-])c1N1CCCC(O)(c2ccnnn2)CC1. The fourth-order valence-corrected chi connectivity index (χ4v) is 2.99. The van der Waals surface area contributed by atoms with Gasteiger partial charge in [0, 0.05) is 20.1 Å². The third kappa shape index (κ3) is 2.84. The van der Waals surface area contributed by atoms with E-state index in [1.54, 1.807) is 13.1 Å². The van der Waals surface area contributed by atoms with Crippen molar-refractivity contribution in [1.82, 2.24) is 25.2 Å². The van der Waals surface area contributed by atoms with Gasteiger partial charge in [0.25, 0.3) is 0 Å². The molecule has 0 aromatic carbocycles. The van der Waals surface area contributed by atoms with Crippen LogP contribution in [-0.4, -0.2) is 48.3 Å². The molecule has 0 aliphatic carbocycles. The van der Waals surface area contributed by atoms with Crippen LogP contribution in [0, 0.1) is 10.1 Å². The normalized spacial score (nSPS) is 21.9. The topological polar surface area (TPSA) is 123 Å². The third-order valence-corrected chi connectivity index (χ3v) is 4.18. The van der Waals surface area contributed by atoms with E-state index >= 15 is 0 Å². The number of nitro groups is 1. The first-order chi connectivity index (χ1) is 11.0. The molecule has 2 aromatic heterocycles. The number of anilines is 1. The average molecular weight is 319 g/mol. The zero-order valence-electron chi connectivity index (χ0n) is 12.7. The van der Waals surface area contributed by atoms with Crippen LogP contribution in [0.25, 0.3) is 0 Å². The largest absolute Gasteiger partial charge is 0.383 e. The van der Waals surface area contributed by atoms with E-state index in [9.17, 15) is 15.2 Å². The Morgan fingerprint density at radius 1 is 1.39 bits per heavy atom. The number of aromatic nitrogens is 5. The molecule has 23 heavy (non-hydrogen) atoms. The first-order valence-electron chi connectivity index (χ1n) is 7.30. The molecular formula is C13H17N7O3. The molecule has 3 rings (SSSR count). The lowest BCUT2D eigenvalue weighted by atomic mass is 9.91. The standard InChI is InChI=1S/C13H17N7O3/c1-18-12(10(9-15-18)20(22)23)19-7-2-4-13(21,5-8-19)11-3-6-14-17-16-11/h3,6,9,21H,2,4-5,7-8H2,1H3. The summed E-state index contributed by atoms with van der Waals surface area (Å²) in [6.45, 7) is 1.06. The van der Waals surface area contributed by atoms with Crippen LogP contribution < -0.4 is 4.90 Å². The third-order valence-electron chi connectivity index (χ3n) is 4.18. The van der Waals surface area contributed by atoms with Crippen LogP contribution in [0.1, 0.15) is 25.0 Å². The molecule has 3 heterocycles. The van der Waals surface area contributed by atoms with Crippen LogP contribution >= 0.6 is 0 Å². The van der Waals surface area contributed by atoms with Crippen molar-refractivity contribution in [1.29, 1.82) is 0 Å². The van der Waals surface area contributed by atoms with Gasteiger partial charge >= 0.3 is 5.69 Å². The molecule has 10 nitrogen and oxygen atoms in total. The minimum Gasteiger partial charge on any atom is -0.383 e. The van der Waals surface area contributed by atoms with Crippen molar-refractivity contribution in [3.05, 3.63) is 34.3 Å². The summed E-state index contributed by atoms with van der Waals surface area (Å²) in [7, 11) is 1.67. The Hall–Kier alpha value is -2.62. The second-order valence-corrected chi connectivity index (χ2v) is 5.61. The van der Waals surface area contributed by atoms with E-state index in [0.717, 1.165) is 0 Å². The van der Waals surface area contributed by atoms with E-state index in [-0.39, 0.29) is 5.69 Å². The van der Waals surface area contributed by atoms with Gasteiger partial charge in [0.2, 0.25) is 5.82 Å². The second-order valence-electron chi connectivity index (χ2n) is 5.61. The minimum atomic E-state index is -1.10. The lowest BCUT2D eigenvalue weighted by Crippen LogP contribution is -2.31. The summed E-state index contributed by atoms with van der Waals surface area (Å²) in [6.07, 6.45) is 4.32. The van der Waals surface area contributed by atoms with E-state index in [1.165, 1.54) is 17.1 Å². The summed E-state index contributed by atoms with van der Waals surface area (Å²) < 4.78 is 1.49. The summed E-state index contributed by atoms with van der Waals surface area (Å²) in [5, 5.41) is 37.1. The maximum atomic E-state index is 11.2. The smallest absolute Gasteiger partial charge is 0.331 e. The number of rotatable bonds is 3. The molecule has 1 fully saturated rings. The highest BCUT2D eigenvalue weighted by Crippen LogP contribution is 2.35. The van der Waals surface area contributed by atoms with E-state index in [2.05, 4.69) is 20.5 Å². The van der Waals surface area contributed by atoms with Crippen LogP contribution in [0.5, 0.6) is 0 Å². The number of hydrogen-bond acceptors (Lipinski definition) is 8. The summed E-state index contributed by atoms with van der Waals surface area (Å²) in [6, 6.07) is 1.65. The van der Waals surface area contributed by atoms with Gasteiger partial charge in [-0.3, -0.25) is 10.1 Å². The van der Waals surface area contributed by atoms with Crippen molar-refractivity contribution in [2.75, 3.05) is 18.0 Å².